The van der Waals surface area contributed by atoms with Gasteiger partial charge in [-0.3, -0.25) is 0 Å². The SMILES string of the molecule is CC(C)(c1ccc(O)cc1)c1ccc(OP2OCC(CO)(CO)CO2)cc1. The topological polar surface area (TPSA) is 88.4 Å². The van der Waals surface area contributed by atoms with Crippen LogP contribution >= 0.6 is 8.60 Å². The van der Waals surface area contributed by atoms with E-state index in [4.69, 9.17) is 13.6 Å². The van der Waals surface area contributed by atoms with E-state index in [0.29, 0.717) is 5.75 Å². The third kappa shape index (κ3) is 4.42. The van der Waals surface area contributed by atoms with Gasteiger partial charge in [0.1, 0.15) is 11.5 Å². The highest BCUT2D eigenvalue weighted by atomic mass is 31.2. The van der Waals surface area contributed by atoms with Crippen LogP contribution in [0.3, 0.4) is 0 Å². The second-order valence-corrected chi connectivity index (χ2v) is 8.52. The monoisotopic (exact) mass is 392 g/mol. The van der Waals surface area contributed by atoms with Gasteiger partial charge in [-0.25, -0.2) is 0 Å². The summed E-state index contributed by atoms with van der Waals surface area (Å²) in [5.41, 5.74) is 1.22. The number of aromatic hydroxyl groups is 1. The largest absolute Gasteiger partial charge is 0.508 e. The Morgan fingerprint density at radius 1 is 0.926 bits per heavy atom. The Morgan fingerprint density at radius 3 is 1.89 bits per heavy atom. The van der Waals surface area contributed by atoms with E-state index in [2.05, 4.69) is 13.8 Å². The number of rotatable bonds is 6. The molecule has 1 aliphatic heterocycles. The van der Waals surface area contributed by atoms with Crippen LogP contribution in [-0.4, -0.2) is 41.7 Å². The molecule has 146 valence electrons. The lowest BCUT2D eigenvalue weighted by Crippen LogP contribution is -2.41. The molecule has 6 nitrogen and oxygen atoms in total. The van der Waals surface area contributed by atoms with Gasteiger partial charge in [0, 0.05) is 5.41 Å². The maximum absolute atomic E-state index is 9.48. The van der Waals surface area contributed by atoms with E-state index in [1.165, 1.54) is 0 Å². The van der Waals surface area contributed by atoms with Crippen LogP contribution in [0.2, 0.25) is 0 Å². The van der Waals surface area contributed by atoms with Crippen molar-refractivity contribution in [3.8, 4) is 11.5 Å². The van der Waals surface area contributed by atoms with E-state index < -0.39 is 14.0 Å². The number of phenols is 1. The van der Waals surface area contributed by atoms with Gasteiger partial charge in [0.25, 0.3) is 0 Å². The van der Waals surface area contributed by atoms with Gasteiger partial charge < -0.3 is 28.9 Å². The van der Waals surface area contributed by atoms with Crippen LogP contribution in [0.4, 0.5) is 0 Å². The van der Waals surface area contributed by atoms with Crippen molar-refractivity contribution < 1.29 is 28.9 Å². The lowest BCUT2D eigenvalue weighted by Gasteiger charge is -2.35. The highest BCUT2D eigenvalue weighted by Crippen LogP contribution is 2.47. The quantitative estimate of drug-likeness (QED) is 0.654. The molecule has 2 aromatic rings. The van der Waals surface area contributed by atoms with Crippen molar-refractivity contribution in [2.75, 3.05) is 26.4 Å². The van der Waals surface area contributed by atoms with Gasteiger partial charge >= 0.3 is 8.60 Å². The molecular formula is C20H25O6P. The minimum absolute atomic E-state index is 0.192. The van der Waals surface area contributed by atoms with Crippen molar-refractivity contribution in [1.82, 2.24) is 0 Å². The second-order valence-electron chi connectivity index (χ2n) is 7.37. The van der Waals surface area contributed by atoms with Crippen LogP contribution in [0, 0.1) is 5.41 Å². The van der Waals surface area contributed by atoms with Crippen molar-refractivity contribution in [2.24, 2.45) is 5.41 Å². The third-order valence-corrected chi connectivity index (χ3v) is 6.01. The Bertz CT molecular complexity index is 730. The Kier molecular flexibility index (Phi) is 6.04. The molecular weight excluding hydrogens is 367 g/mol. The first-order valence-electron chi connectivity index (χ1n) is 8.74. The van der Waals surface area contributed by atoms with Crippen molar-refractivity contribution in [1.29, 1.82) is 0 Å². The smallest absolute Gasteiger partial charge is 0.397 e. The molecule has 0 atom stereocenters. The van der Waals surface area contributed by atoms with Gasteiger partial charge in [0.05, 0.1) is 31.8 Å². The molecule has 1 saturated heterocycles. The standard InChI is InChI=1S/C20H25O6P/c1-19(2,15-3-7-17(23)8-4-15)16-5-9-18(10-6-16)26-27-24-13-20(11-21,12-22)14-25-27/h3-10,21-23H,11-14H2,1-2H3. The molecule has 0 aliphatic carbocycles. The fourth-order valence-corrected chi connectivity index (χ4v) is 4.04. The molecule has 1 aliphatic rings. The van der Waals surface area contributed by atoms with Gasteiger partial charge in [-0.05, 0) is 35.4 Å². The second kappa shape index (κ2) is 8.13. The number of aliphatic hydroxyl groups excluding tert-OH is 2. The highest BCUT2D eigenvalue weighted by Gasteiger charge is 2.38. The molecule has 3 rings (SSSR count). The summed E-state index contributed by atoms with van der Waals surface area (Å²) in [5.74, 6) is 0.881. The lowest BCUT2D eigenvalue weighted by molar-refractivity contribution is -0.0516. The summed E-state index contributed by atoms with van der Waals surface area (Å²) in [7, 11) is -1.55. The zero-order valence-corrected chi connectivity index (χ0v) is 16.4. The minimum atomic E-state index is -1.55. The summed E-state index contributed by atoms with van der Waals surface area (Å²) in [4.78, 5) is 0. The highest BCUT2D eigenvalue weighted by molar-refractivity contribution is 7.42. The zero-order valence-electron chi connectivity index (χ0n) is 15.5. The Balaban J connectivity index is 1.65. The zero-order chi connectivity index (χ0) is 19.5. The molecule has 0 bridgehead atoms. The third-order valence-electron chi connectivity index (χ3n) is 4.97. The van der Waals surface area contributed by atoms with Crippen LogP contribution < -0.4 is 4.52 Å². The predicted octanol–water partition coefficient (Wildman–Crippen LogP) is 3.34. The van der Waals surface area contributed by atoms with E-state index in [1.807, 2.05) is 36.4 Å². The molecule has 1 fully saturated rings. The molecule has 3 N–H and O–H groups in total. The van der Waals surface area contributed by atoms with Crippen LogP contribution in [0.15, 0.2) is 48.5 Å². The van der Waals surface area contributed by atoms with Gasteiger partial charge in [-0.1, -0.05) is 38.1 Å². The molecule has 0 amide bonds. The van der Waals surface area contributed by atoms with Gasteiger partial charge in [-0.2, -0.15) is 0 Å². The Labute approximate surface area is 160 Å². The van der Waals surface area contributed by atoms with Crippen molar-refractivity contribution in [3.63, 3.8) is 0 Å². The summed E-state index contributed by atoms with van der Waals surface area (Å²) >= 11 is 0. The summed E-state index contributed by atoms with van der Waals surface area (Å²) in [6.45, 7) is 4.23. The number of hydrogen-bond donors (Lipinski definition) is 3. The maximum Gasteiger partial charge on any atom is 0.397 e. The molecule has 7 heteroatoms. The average molecular weight is 392 g/mol. The summed E-state index contributed by atoms with van der Waals surface area (Å²) in [6.07, 6.45) is 0. The van der Waals surface area contributed by atoms with E-state index >= 15 is 0 Å². The molecule has 0 spiro atoms. The maximum atomic E-state index is 9.48. The van der Waals surface area contributed by atoms with Gasteiger partial charge in [0.2, 0.25) is 0 Å². The van der Waals surface area contributed by atoms with Gasteiger partial charge in [-0.15, -0.1) is 0 Å². The Morgan fingerprint density at radius 2 is 1.41 bits per heavy atom. The predicted molar refractivity (Wildman–Crippen MR) is 103 cm³/mol. The van der Waals surface area contributed by atoms with Crippen LogP contribution in [0.5, 0.6) is 11.5 Å². The van der Waals surface area contributed by atoms with E-state index in [1.54, 1.807) is 12.1 Å². The molecule has 0 saturated carbocycles. The molecule has 2 aromatic carbocycles. The first kappa shape index (κ1) is 20.1. The fourth-order valence-electron chi connectivity index (χ4n) is 2.81. The van der Waals surface area contributed by atoms with E-state index in [9.17, 15) is 15.3 Å². The van der Waals surface area contributed by atoms with E-state index in [-0.39, 0.29) is 37.6 Å². The normalized spacial score (nSPS) is 17.6. The number of phenolic OH excluding ortho intramolecular Hbond substituents is 1. The fraction of sp³-hybridized carbons (Fsp3) is 0.400. The van der Waals surface area contributed by atoms with Crippen molar-refractivity contribution in [2.45, 2.75) is 19.3 Å². The van der Waals surface area contributed by atoms with Crippen molar-refractivity contribution >= 4 is 8.60 Å². The summed E-state index contributed by atoms with van der Waals surface area (Å²) < 4.78 is 16.8. The molecule has 0 unspecified atom stereocenters. The van der Waals surface area contributed by atoms with Crippen LogP contribution in [-0.2, 0) is 14.5 Å². The lowest BCUT2D eigenvalue weighted by atomic mass is 9.78. The van der Waals surface area contributed by atoms with Crippen LogP contribution in [0.25, 0.3) is 0 Å². The van der Waals surface area contributed by atoms with Crippen molar-refractivity contribution in [3.05, 3.63) is 59.7 Å². The summed E-state index contributed by atoms with van der Waals surface area (Å²) in [6, 6.07) is 14.9. The minimum Gasteiger partial charge on any atom is -0.508 e. The number of aliphatic hydroxyl groups is 2. The molecule has 27 heavy (non-hydrogen) atoms. The van der Waals surface area contributed by atoms with Crippen LogP contribution in [0.1, 0.15) is 25.0 Å². The first-order valence-corrected chi connectivity index (χ1v) is 9.84. The number of benzene rings is 2. The molecule has 0 radical (unpaired) electrons. The average Bonchev–Trinajstić information content (AvgIpc) is 2.70. The first-order chi connectivity index (χ1) is 12.9. The Hall–Kier alpha value is -1.69. The van der Waals surface area contributed by atoms with E-state index in [0.717, 1.165) is 11.1 Å². The number of hydrogen-bond acceptors (Lipinski definition) is 6. The molecule has 1 heterocycles. The van der Waals surface area contributed by atoms with Gasteiger partial charge in [0.15, 0.2) is 0 Å². The summed E-state index contributed by atoms with van der Waals surface area (Å²) in [5, 5.41) is 28.2. The molecule has 0 aromatic heterocycles.